The van der Waals surface area contributed by atoms with Crippen molar-refractivity contribution in [3.63, 3.8) is 0 Å². The molecule has 5 nitrogen and oxygen atoms in total. The predicted octanol–water partition coefficient (Wildman–Crippen LogP) is 2.37. The summed E-state index contributed by atoms with van der Waals surface area (Å²) in [6.45, 7) is 7.82. The first kappa shape index (κ1) is 16.5. The van der Waals surface area contributed by atoms with Crippen LogP contribution in [0.5, 0.6) is 0 Å². The van der Waals surface area contributed by atoms with E-state index >= 15 is 0 Å². The molecule has 1 aromatic rings. The zero-order chi connectivity index (χ0) is 16.5. The summed E-state index contributed by atoms with van der Waals surface area (Å²) in [4.78, 5) is 24.8. The third-order valence-corrected chi connectivity index (χ3v) is 5.49. The number of benzene rings is 1. The summed E-state index contributed by atoms with van der Waals surface area (Å²) in [5.41, 5.74) is 3.06. The Hall–Kier alpha value is -1.88. The fourth-order valence-corrected chi connectivity index (χ4v) is 3.39. The van der Waals surface area contributed by atoms with Crippen LogP contribution in [0.3, 0.4) is 0 Å². The molecular weight excluding hydrogens is 278 g/mol. The van der Waals surface area contributed by atoms with Gasteiger partial charge in [-0.25, -0.2) is 5.84 Å². The van der Waals surface area contributed by atoms with E-state index in [1.54, 1.807) is 0 Å². The minimum atomic E-state index is -0.642. The van der Waals surface area contributed by atoms with E-state index < -0.39 is 10.8 Å². The number of aryl methyl sites for hydroxylation is 1. The van der Waals surface area contributed by atoms with Crippen molar-refractivity contribution in [1.29, 1.82) is 0 Å². The first-order chi connectivity index (χ1) is 10.2. The second-order valence-corrected chi connectivity index (χ2v) is 6.97. The smallest absolute Gasteiger partial charge is 0.240 e. The Morgan fingerprint density at radius 3 is 2.32 bits per heavy atom. The molecule has 120 valence electrons. The summed E-state index contributed by atoms with van der Waals surface area (Å²) in [6.07, 6.45) is 1.32. The van der Waals surface area contributed by atoms with Crippen LogP contribution in [0, 0.1) is 23.7 Å². The van der Waals surface area contributed by atoms with Crippen LogP contribution in [0.2, 0.25) is 0 Å². The van der Waals surface area contributed by atoms with Crippen molar-refractivity contribution in [3.05, 3.63) is 29.8 Å². The van der Waals surface area contributed by atoms with Gasteiger partial charge in [0.05, 0.1) is 5.41 Å². The molecule has 0 radical (unpaired) electrons. The number of carbonyl (C=O) groups excluding carboxylic acids is 2. The maximum absolute atomic E-state index is 12.6. The van der Waals surface area contributed by atoms with E-state index in [1.165, 1.54) is 0 Å². The second-order valence-electron chi connectivity index (χ2n) is 6.97. The lowest BCUT2D eigenvalue weighted by atomic mass is 9.65. The molecule has 22 heavy (non-hydrogen) atoms. The fraction of sp³-hybridized carbons (Fsp3) is 0.529. The van der Waals surface area contributed by atoms with Gasteiger partial charge < -0.3 is 5.32 Å². The standard InChI is InChI=1S/C17H25N3O2/c1-11-5-7-12(8-6-11)19-14(21)13-9-10-17(4,15(22)20-18)16(13,2)3/h5-8,13H,9-10,18H2,1-4H3,(H,19,21)(H,20,22)/t13?,17-/m0/s1. The summed E-state index contributed by atoms with van der Waals surface area (Å²) in [5.74, 6) is 4.85. The summed E-state index contributed by atoms with van der Waals surface area (Å²) in [7, 11) is 0. The zero-order valence-corrected chi connectivity index (χ0v) is 13.7. The Kier molecular flexibility index (Phi) is 4.29. The van der Waals surface area contributed by atoms with E-state index in [1.807, 2.05) is 52.0 Å². The number of hydrogen-bond donors (Lipinski definition) is 3. The quantitative estimate of drug-likeness (QED) is 0.455. The van der Waals surface area contributed by atoms with Gasteiger partial charge in [-0.2, -0.15) is 0 Å². The topological polar surface area (TPSA) is 84.2 Å². The summed E-state index contributed by atoms with van der Waals surface area (Å²) in [5, 5.41) is 2.96. The number of hydrogen-bond acceptors (Lipinski definition) is 3. The minimum absolute atomic E-state index is 0.0394. The van der Waals surface area contributed by atoms with Crippen molar-refractivity contribution in [2.45, 2.75) is 40.5 Å². The maximum Gasteiger partial charge on any atom is 0.240 e. The molecule has 0 aromatic heterocycles. The Labute approximate surface area is 131 Å². The van der Waals surface area contributed by atoms with Crippen LogP contribution in [-0.2, 0) is 9.59 Å². The Balaban J connectivity index is 2.17. The number of hydrazine groups is 1. The number of nitrogens with two attached hydrogens (primary N) is 1. The third kappa shape index (κ3) is 2.61. The van der Waals surface area contributed by atoms with E-state index in [0.717, 1.165) is 11.3 Å². The van der Waals surface area contributed by atoms with Gasteiger partial charge in [0.2, 0.25) is 11.8 Å². The molecule has 2 atom stereocenters. The summed E-state index contributed by atoms with van der Waals surface area (Å²) >= 11 is 0. The zero-order valence-electron chi connectivity index (χ0n) is 13.7. The van der Waals surface area contributed by atoms with Gasteiger partial charge >= 0.3 is 0 Å². The van der Waals surface area contributed by atoms with Crippen LogP contribution in [0.15, 0.2) is 24.3 Å². The van der Waals surface area contributed by atoms with Gasteiger partial charge in [0.25, 0.3) is 0 Å². The summed E-state index contributed by atoms with van der Waals surface area (Å²) in [6, 6.07) is 7.70. The highest BCUT2D eigenvalue weighted by atomic mass is 16.2. The predicted molar refractivity (Wildman–Crippen MR) is 86.8 cm³/mol. The van der Waals surface area contributed by atoms with Gasteiger partial charge in [-0.05, 0) is 37.3 Å². The first-order valence-corrected chi connectivity index (χ1v) is 7.61. The van der Waals surface area contributed by atoms with Crippen LogP contribution in [0.1, 0.15) is 39.2 Å². The fourth-order valence-electron chi connectivity index (χ4n) is 3.39. The lowest BCUT2D eigenvalue weighted by molar-refractivity contribution is -0.137. The normalized spacial score (nSPS) is 26.5. The van der Waals surface area contributed by atoms with E-state index in [-0.39, 0.29) is 17.7 Å². The largest absolute Gasteiger partial charge is 0.326 e. The molecular formula is C17H25N3O2. The molecule has 1 unspecified atom stereocenters. The molecule has 2 amide bonds. The highest BCUT2D eigenvalue weighted by Gasteiger charge is 2.57. The van der Waals surface area contributed by atoms with Crippen molar-refractivity contribution >= 4 is 17.5 Å². The van der Waals surface area contributed by atoms with Gasteiger partial charge in [-0.15, -0.1) is 0 Å². The lowest BCUT2D eigenvalue weighted by Gasteiger charge is -2.39. The molecule has 0 bridgehead atoms. The van der Waals surface area contributed by atoms with Crippen molar-refractivity contribution in [3.8, 4) is 0 Å². The Morgan fingerprint density at radius 2 is 1.77 bits per heavy atom. The van der Waals surface area contributed by atoms with Gasteiger partial charge in [0.15, 0.2) is 0 Å². The molecule has 1 saturated carbocycles. The average molecular weight is 303 g/mol. The third-order valence-electron chi connectivity index (χ3n) is 5.49. The molecule has 5 heteroatoms. The van der Waals surface area contributed by atoms with Gasteiger partial charge in [-0.1, -0.05) is 38.5 Å². The van der Waals surface area contributed by atoms with Gasteiger partial charge in [0.1, 0.15) is 0 Å². The number of rotatable bonds is 3. The number of nitrogens with one attached hydrogen (secondary N) is 2. The molecule has 0 heterocycles. The van der Waals surface area contributed by atoms with Crippen molar-refractivity contribution in [2.75, 3.05) is 5.32 Å². The number of anilines is 1. The Morgan fingerprint density at radius 1 is 1.18 bits per heavy atom. The molecule has 1 aromatic carbocycles. The average Bonchev–Trinajstić information content (AvgIpc) is 2.72. The van der Waals surface area contributed by atoms with E-state index in [4.69, 9.17) is 5.84 Å². The molecule has 0 saturated heterocycles. The lowest BCUT2D eigenvalue weighted by Crippen LogP contribution is -2.50. The Bertz CT molecular complexity index is 580. The van der Waals surface area contributed by atoms with Crippen LogP contribution in [-0.4, -0.2) is 11.8 Å². The van der Waals surface area contributed by atoms with E-state index in [9.17, 15) is 9.59 Å². The molecule has 4 N–H and O–H groups in total. The maximum atomic E-state index is 12.6. The van der Waals surface area contributed by atoms with Crippen LogP contribution < -0.4 is 16.6 Å². The monoisotopic (exact) mass is 303 g/mol. The molecule has 1 aliphatic rings. The highest BCUT2D eigenvalue weighted by molar-refractivity contribution is 5.95. The van der Waals surface area contributed by atoms with Crippen molar-refractivity contribution < 1.29 is 9.59 Å². The number of amides is 2. The summed E-state index contributed by atoms with van der Waals surface area (Å²) < 4.78 is 0. The number of carbonyl (C=O) groups is 2. The van der Waals surface area contributed by atoms with Crippen LogP contribution in [0.25, 0.3) is 0 Å². The molecule has 1 fully saturated rings. The van der Waals surface area contributed by atoms with Crippen molar-refractivity contribution in [2.24, 2.45) is 22.6 Å². The SMILES string of the molecule is Cc1ccc(NC(=O)C2CC[C@@](C)(C(=O)NN)C2(C)C)cc1. The van der Waals surface area contributed by atoms with Gasteiger partial charge in [-0.3, -0.25) is 15.0 Å². The molecule has 0 spiro atoms. The van der Waals surface area contributed by atoms with Crippen LogP contribution >= 0.6 is 0 Å². The van der Waals surface area contributed by atoms with Crippen LogP contribution in [0.4, 0.5) is 5.69 Å². The molecule has 1 aliphatic carbocycles. The van der Waals surface area contributed by atoms with Crippen molar-refractivity contribution in [1.82, 2.24) is 5.43 Å². The van der Waals surface area contributed by atoms with E-state index in [0.29, 0.717) is 12.8 Å². The minimum Gasteiger partial charge on any atom is -0.326 e. The highest BCUT2D eigenvalue weighted by Crippen LogP contribution is 2.56. The molecule has 2 rings (SSSR count). The van der Waals surface area contributed by atoms with E-state index in [2.05, 4.69) is 10.7 Å². The second kappa shape index (κ2) is 5.72. The first-order valence-electron chi connectivity index (χ1n) is 7.61. The van der Waals surface area contributed by atoms with Gasteiger partial charge in [0, 0.05) is 11.6 Å². The molecule has 0 aliphatic heterocycles.